The van der Waals surface area contributed by atoms with Crippen LogP contribution in [0.5, 0.6) is 0 Å². The van der Waals surface area contributed by atoms with E-state index in [1.54, 1.807) is 0 Å². The van der Waals surface area contributed by atoms with Gasteiger partial charge in [-0.05, 0) is 25.5 Å². The van der Waals surface area contributed by atoms with Crippen molar-refractivity contribution in [1.82, 2.24) is 15.1 Å². The minimum atomic E-state index is 0.262. The van der Waals surface area contributed by atoms with Crippen molar-refractivity contribution in [3.63, 3.8) is 0 Å². The van der Waals surface area contributed by atoms with E-state index in [0.29, 0.717) is 6.42 Å². The lowest BCUT2D eigenvalue weighted by molar-refractivity contribution is -0.131. The van der Waals surface area contributed by atoms with E-state index in [0.717, 1.165) is 49.7 Å². The van der Waals surface area contributed by atoms with Crippen molar-refractivity contribution in [3.8, 4) is 11.3 Å². The molecule has 0 N–H and O–H groups in total. The average molecular weight is 324 g/mol. The Bertz CT molecular complexity index is 674. The second-order valence-electron chi connectivity index (χ2n) is 6.26. The Balaban J connectivity index is 1.62. The number of anilines is 1. The average Bonchev–Trinajstić information content (AvgIpc) is 2.63. The van der Waals surface area contributed by atoms with Gasteiger partial charge in [0.05, 0.1) is 5.69 Å². The van der Waals surface area contributed by atoms with Crippen molar-refractivity contribution in [2.75, 3.05) is 31.1 Å². The van der Waals surface area contributed by atoms with Gasteiger partial charge in [-0.2, -0.15) is 0 Å². The van der Waals surface area contributed by atoms with Crippen LogP contribution in [0.2, 0.25) is 0 Å². The maximum absolute atomic E-state index is 11.9. The minimum Gasteiger partial charge on any atom is -0.352 e. The maximum Gasteiger partial charge on any atom is 0.222 e. The van der Waals surface area contributed by atoms with Gasteiger partial charge in [-0.15, -0.1) is 10.2 Å². The molecule has 0 saturated carbocycles. The summed E-state index contributed by atoms with van der Waals surface area (Å²) in [5, 5.41) is 8.75. The van der Waals surface area contributed by atoms with Gasteiger partial charge in [-0.1, -0.05) is 36.8 Å². The number of aryl methyl sites for hydroxylation is 1. The third-order valence-corrected chi connectivity index (χ3v) is 4.42. The number of hydrogen-bond acceptors (Lipinski definition) is 4. The summed E-state index contributed by atoms with van der Waals surface area (Å²) in [6.07, 6.45) is 1.55. The second-order valence-corrected chi connectivity index (χ2v) is 6.26. The van der Waals surface area contributed by atoms with Crippen LogP contribution in [0.4, 0.5) is 5.82 Å². The SMILES string of the molecule is CCCC(=O)N1CCN(c2ccc(-c3ccc(C)cc3)nn2)CC1. The number of amides is 1. The second kappa shape index (κ2) is 7.43. The van der Waals surface area contributed by atoms with Gasteiger partial charge >= 0.3 is 0 Å². The molecule has 1 aromatic carbocycles. The van der Waals surface area contributed by atoms with Crippen LogP contribution in [-0.4, -0.2) is 47.2 Å². The fourth-order valence-electron chi connectivity index (χ4n) is 2.93. The topological polar surface area (TPSA) is 49.3 Å². The van der Waals surface area contributed by atoms with Gasteiger partial charge < -0.3 is 9.80 Å². The molecule has 0 aliphatic carbocycles. The molecule has 0 spiro atoms. The fraction of sp³-hybridized carbons (Fsp3) is 0.421. The van der Waals surface area contributed by atoms with E-state index in [1.165, 1.54) is 5.56 Å². The fourth-order valence-corrected chi connectivity index (χ4v) is 2.93. The predicted molar refractivity (Wildman–Crippen MR) is 95.9 cm³/mol. The van der Waals surface area contributed by atoms with Crippen molar-refractivity contribution in [2.24, 2.45) is 0 Å². The highest BCUT2D eigenvalue weighted by molar-refractivity contribution is 5.76. The lowest BCUT2D eigenvalue weighted by Crippen LogP contribution is -2.49. The van der Waals surface area contributed by atoms with Crippen molar-refractivity contribution >= 4 is 11.7 Å². The number of carbonyl (C=O) groups is 1. The molecule has 1 aromatic heterocycles. The van der Waals surface area contributed by atoms with Gasteiger partial charge in [0.15, 0.2) is 5.82 Å². The van der Waals surface area contributed by atoms with Gasteiger partial charge in [0.2, 0.25) is 5.91 Å². The molecule has 0 unspecified atom stereocenters. The van der Waals surface area contributed by atoms with Gasteiger partial charge in [0.25, 0.3) is 0 Å². The number of rotatable bonds is 4. The normalized spacial score (nSPS) is 14.8. The van der Waals surface area contributed by atoms with E-state index in [2.05, 4.69) is 46.3 Å². The first-order valence-corrected chi connectivity index (χ1v) is 8.61. The monoisotopic (exact) mass is 324 g/mol. The molecule has 0 bridgehead atoms. The zero-order chi connectivity index (χ0) is 16.9. The third-order valence-electron chi connectivity index (χ3n) is 4.42. The molecule has 2 heterocycles. The maximum atomic E-state index is 11.9. The number of benzene rings is 1. The Hall–Kier alpha value is -2.43. The number of carbonyl (C=O) groups excluding carboxylic acids is 1. The van der Waals surface area contributed by atoms with Crippen LogP contribution in [0.3, 0.4) is 0 Å². The Kier molecular flexibility index (Phi) is 5.08. The third kappa shape index (κ3) is 3.72. The highest BCUT2D eigenvalue weighted by atomic mass is 16.2. The summed E-state index contributed by atoms with van der Waals surface area (Å²) in [4.78, 5) is 16.1. The summed E-state index contributed by atoms with van der Waals surface area (Å²) in [5.41, 5.74) is 3.20. The number of aromatic nitrogens is 2. The number of piperazine rings is 1. The summed E-state index contributed by atoms with van der Waals surface area (Å²) >= 11 is 0. The summed E-state index contributed by atoms with van der Waals surface area (Å²) < 4.78 is 0. The van der Waals surface area contributed by atoms with Gasteiger partial charge in [0, 0.05) is 38.2 Å². The van der Waals surface area contributed by atoms with Crippen molar-refractivity contribution in [3.05, 3.63) is 42.0 Å². The van der Waals surface area contributed by atoms with Crippen LogP contribution < -0.4 is 4.90 Å². The molecule has 1 aliphatic rings. The van der Waals surface area contributed by atoms with Crippen LogP contribution >= 0.6 is 0 Å². The van der Waals surface area contributed by atoms with E-state index < -0.39 is 0 Å². The van der Waals surface area contributed by atoms with Gasteiger partial charge in [-0.3, -0.25) is 4.79 Å². The minimum absolute atomic E-state index is 0.262. The first kappa shape index (κ1) is 16.4. The summed E-state index contributed by atoms with van der Waals surface area (Å²) in [6, 6.07) is 12.3. The summed E-state index contributed by atoms with van der Waals surface area (Å²) in [6.45, 7) is 7.27. The van der Waals surface area contributed by atoms with Crippen LogP contribution in [-0.2, 0) is 4.79 Å². The van der Waals surface area contributed by atoms with Crippen molar-refractivity contribution < 1.29 is 4.79 Å². The molecule has 1 fully saturated rings. The molecule has 5 heteroatoms. The molecule has 2 aromatic rings. The molecule has 1 amide bonds. The molecule has 126 valence electrons. The highest BCUT2D eigenvalue weighted by Gasteiger charge is 2.21. The van der Waals surface area contributed by atoms with Crippen LogP contribution in [0.15, 0.2) is 36.4 Å². The van der Waals surface area contributed by atoms with E-state index in [1.807, 2.05) is 24.0 Å². The smallest absolute Gasteiger partial charge is 0.222 e. The largest absolute Gasteiger partial charge is 0.352 e. The first-order chi connectivity index (χ1) is 11.7. The summed E-state index contributed by atoms with van der Waals surface area (Å²) in [7, 11) is 0. The molecular weight excluding hydrogens is 300 g/mol. The molecule has 24 heavy (non-hydrogen) atoms. The molecular formula is C19H24N4O. The van der Waals surface area contributed by atoms with Crippen molar-refractivity contribution in [2.45, 2.75) is 26.7 Å². The zero-order valence-corrected chi connectivity index (χ0v) is 14.4. The predicted octanol–water partition coefficient (Wildman–Crippen LogP) is 2.90. The number of hydrogen-bond donors (Lipinski definition) is 0. The van der Waals surface area contributed by atoms with Gasteiger partial charge in [-0.25, -0.2) is 0 Å². The quantitative estimate of drug-likeness (QED) is 0.868. The molecule has 1 saturated heterocycles. The lowest BCUT2D eigenvalue weighted by atomic mass is 10.1. The molecule has 5 nitrogen and oxygen atoms in total. The first-order valence-electron chi connectivity index (χ1n) is 8.61. The van der Waals surface area contributed by atoms with E-state index in [4.69, 9.17) is 0 Å². The van der Waals surface area contributed by atoms with Crippen LogP contribution in [0.25, 0.3) is 11.3 Å². The van der Waals surface area contributed by atoms with Crippen LogP contribution in [0.1, 0.15) is 25.3 Å². The molecule has 0 atom stereocenters. The highest BCUT2D eigenvalue weighted by Crippen LogP contribution is 2.20. The van der Waals surface area contributed by atoms with Crippen molar-refractivity contribution in [1.29, 1.82) is 0 Å². The Labute approximate surface area is 143 Å². The molecule has 3 rings (SSSR count). The van der Waals surface area contributed by atoms with E-state index >= 15 is 0 Å². The Morgan fingerprint density at radius 1 is 1.00 bits per heavy atom. The Morgan fingerprint density at radius 3 is 2.29 bits per heavy atom. The Morgan fingerprint density at radius 2 is 1.71 bits per heavy atom. The van der Waals surface area contributed by atoms with Crippen LogP contribution in [0, 0.1) is 6.92 Å². The zero-order valence-electron chi connectivity index (χ0n) is 14.4. The van der Waals surface area contributed by atoms with E-state index in [-0.39, 0.29) is 5.91 Å². The standard InChI is InChI=1S/C19H24N4O/c1-3-4-19(24)23-13-11-22(12-14-23)18-10-9-17(20-21-18)16-7-5-15(2)6-8-16/h5-10H,3-4,11-14H2,1-2H3. The summed E-state index contributed by atoms with van der Waals surface area (Å²) in [5.74, 6) is 1.14. The van der Waals surface area contributed by atoms with Gasteiger partial charge in [0.1, 0.15) is 0 Å². The van der Waals surface area contributed by atoms with E-state index in [9.17, 15) is 4.79 Å². The molecule has 1 aliphatic heterocycles. The number of nitrogens with zero attached hydrogens (tertiary/aromatic N) is 4. The lowest BCUT2D eigenvalue weighted by Gasteiger charge is -2.35. The molecule has 0 radical (unpaired) electrons.